The van der Waals surface area contributed by atoms with Gasteiger partial charge in [-0.15, -0.1) is 0 Å². The molecule has 1 aliphatic rings. The van der Waals surface area contributed by atoms with Crippen molar-refractivity contribution in [3.8, 4) is 5.75 Å². The van der Waals surface area contributed by atoms with E-state index in [9.17, 15) is 22.8 Å². The predicted molar refractivity (Wildman–Crippen MR) is 119 cm³/mol. The first-order valence-electron chi connectivity index (χ1n) is 11.0. The molecule has 186 valence electrons. The van der Waals surface area contributed by atoms with Gasteiger partial charge >= 0.3 is 0 Å². The van der Waals surface area contributed by atoms with Crippen LogP contribution in [0.15, 0.2) is 29.2 Å². The van der Waals surface area contributed by atoms with Crippen molar-refractivity contribution in [2.75, 3.05) is 13.1 Å². The topological polar surface area (TPSA) is 100 Å². The molecule has 4 rings (SSSR count). The van der Waals surface area contributed by atoms with Crippen molar-refractivity contribution in [3.63, 3.8) is 0 Å². The van der Waals surface area contributed by atoms with Crippen LogP contribution in [0.3, 0.4) is 0 Å². The van der Waals surface area contributed by atoms with Gasteiger partial charge in [-0.05, 0) is 31.5 Å². The van der Waals surface area contributed by atoms with Crippen molar-refractivity contribution in [3.05, 3.63) is 63.3 Å². The van der Waals surface area contributed by atoms with Crippen LogP contribution in [-0.2, 0) is 13.0 Å². The van der Waals surface area contributed by atoms with Gasteiger partial charge in [0.05, 0.1) is 12.1 Å². The molecule has 1 aliphatic heterocycles. The zero-order chi connectivity index (χ0) is 25.3. The Morgan fingerprint density at radius 3 is 2.74 bits per heavy atom. The summed E-state index contributed by atoms with van der Waals surface area (Å²) in [7, 11) is 0. The van der Waals surface area contributed by atoms with Gasteiger partial charge in [0, 0.05) is 36.5 Å². The van der Waals surface area contributed by atoms with Crippen LogP contribution in [0, 0.1) is 11.8 Å². The number of likely N-dealkylation sites (tertiary alicyclic amines) is 1. The van der Waals surface area contributed by atoms with Crippen molar-refractivity contribution in [2.24, 2.45) is 0 Å². The average molecular weight is 493 g/mol. The summed E-state index contributed by atoms with van der Waals surface area (Å²) < 4.78 is 59.4. The average Bonchev–Trinajstić information content (AvgIpc) is 2.83. The molecule has 1 fully saturated rings. The molecule has 3 aromatic rings. The second-order valence-electron chi connectivity index (χ2n) is 8.25. The van der Waals surface area contributed by atoms with E-state index in [1.165, 1.54) is 18.3 Å². The summed E-state index contributed by atoms with van der Waals surface area (Å²) in [5.74, 6) is -2.70. The maximum absolute atomic E-state index is 15.0. The highest BCUT2D eigenvalue weighted by atomic mass is 19.3. The van der Waals surface area contributed by atoms with Crippen molar-refractivity contribution >= 4 is 16.9 Å². The van der Waals surface area contributed by atoms with Crippen molar-refractivity contribution in [2.45, 2.75) is 45.4 Å². The van der Waals surface area contributed by atoms with Crippen LogP contribution < -0.4 is 15.6 Å². The van der Waals surface area contributed by atoms with Gasteiger partial charge in [0.2, 0.25) is 0 Å². The number of halogens is 4. The van der Waals surface area contributed by atoms with Crippen LogP contribution in [0.5, 0.6) is 5.75 Å². The minimum Gasteiger partial charge on any atom is -0.483 e. The third kappa shape index (κ3) is 5.11. The Bertz CT molecular complexity index is 1320. The molecule has 1 unspecified atom stereocenters. The number of nitrogens with zero attached hydrogens (tertiary/aromatic N) is 3. The summed E-state index contributed by atoms with van der Waals surface area (Å²) in [6.45, 7) is 3.36. The summed E-state index contributed by atoms with van der Waals surface area (Å²) in [4.78, 5) is 36.0. The summed E-state index contributed by atoms with van der Waals surface area (Å²) in [5.41, 5.74) is 0.553. The molecule has 4 heterocycles. The highest BCUT2D eigenvalue weighted by Crippen LogP contribution is 2.28. The first kappa shape index (κ1) is 24.6. The fourth-order valence-electron chi connectivity index (χ4n) is 3.84. The number of nitrogens with one attached hydrogen (secondary N) is 2. The zero-order valence-electron chi connectivity index (χ0n) is 18.9. The van der Waals surface area contributed by atoms with Gasteiger partial charge in [-0.2, -0.15) is 4.39 Å². The number of rotatable bonds is 8. The Morgan fingerprint density at radius 1 is 1.31 bits per heavy atom. The lowest BCUT2D eigenvalue weighted by molar-refractivity contribution is -0.0437. The van der Waals surface area contributed by atoms with Crippen molar-refractivity contribution < 1.29 is 27.1 Å². The number of aromatic amines is 1. The maximum Gasteiger partial charge on any atom is 0.270 e. The highest BCUT2D eigenvalue weighted by molar-refractivity contribution is 5.92. The lowest BCUT2D eigenvalue weighted by Gasteiger charge is -2.45. The Morgan fingerprint density at radius 2 is 2.09 bits per heavy atom. The molecule has 0 spiro atoms. The van der Waals surface area contributed by atoms with E-state index < -0.39 is 36.7 Å². The van der Waals surface area contributed by atoms with Gasteiger partial charge in [0.1, 0.15) is 17.3 Å². The van der Waals surface area contributed by atoms with Crippen LogP contribution in [0.1, 0.15) is 35.5 Å². The van der Waals surface area contributed by atoms with Gasteiger partial charge in [-0.3, -0.25) is 19.5 Å². The number of aryl methyl sites for hydroxylation is 1. The van der Waals surface area contributed by atoms with E-state index in [0.717, 1.165) is 0 Å². The second kappa shape index (κ2) is 9.98. The second-order valence-corrected chi connectivity index (χ2v) is 8.25. The van der Waals surface area contributed by atoms with Crippen LogP contribution >= 0.6 is 0 Å². The van der Waals surface area contributed by atoms with E-state index in [1.54, 1.807) is 6.07 Å². The van der Waals surface area contributed by atoms with Crippen molar-refractivity contribution in [1.82, 2.24) is 25.2 Å². The van der Waals surface area contributed by atoms with E-state index >= 15 is 4.39 Å². The van der Waals surface area contributed by atoms with Crippen LogP contribution in [0.4, 0.5) is 17.6 Å². The number of ether oxygens (including phenoxy) is 1. The molecule has 2 N–H and O–H groups in total. The molecule has 3 aromatic heterocycles. The number of carbonyl (C=O) groups excluding carboxylic acids is 1. The largest absolute Gasteiger partial charge is 0.483 e. The fourth-order valence-corrected chi connectivity index (χ4v) is 3.84. The number of hydrogen-bond donors (Lipinski definition) is 2. The quantitative estimate of drug-likeness (QED) is 0.370. The third-order valence-corrected chi connectivity index (χ3v) is 5.98. The number of carbonyl (C=O) groups is 1. The molecule has 0 radical (unpaired) electrons. The maximum atomic E-state index is 15.0. The van der Waals surface area contributed by atoms with Gasteiger partial charge in [-0.1, -0.05) is 6.92 Å². The molecule has 12 heteroatoms. The van der Waals surface area contributed by atoms with Gasteiger partial charge in [-0.25, -0.2) is 18.2 Å². The van der Waals surface area contributed by atoms with Crippen LogP contribution in [-0.4, -0.2) is 57.4 Å². The van der Waals surface area contributed by atoms with Gasteiger partial charge < -0.3 is 15.0 Å². The molecule has 8 nitrogen and oxygen atoms in total. The molecular formula is C23H23F4N5O3. The van der Waals surface area contributed by atoms with Crippen LogP contribution in [0.25, 0.3) is 11.0 Å². The van der Waals surface area contributed by atoms with E-state index in [0.29, 0.717) is 29.6 Å². The van der Waals surface area contributed by atoms with Gasteiger partial charge in [0.15, 0.2) is 11.6 Å². The molecule has 0 bridgehead atoms. The van der Waals surface area contributed by atoms with Gasteiger partial charge in [0.25, 0.3) is 23.8 Å². The summed E-state index contributed by atoms with van der Waals surface area (Å²) >= 11 is 0. The molecule has 35 heavy (non-hydrogen) atoms. The minimum absolute atomic E-state index is 0.0523. The standard InChI is InChI=1S/C23H23F4N5O3/c1-3-12-6-15-20(31-22(12)33)19(26)13(7-28-15)9-32-10-17(11(32)2)35-16-5-4-14(30-21(16)27)23(34)29-8-18(24)25/h4-7,11,17-18H,3,8-10H2,1-2H3,(H,29,34)(H,31,33)/t11-,17?/m1/s1. The lowest BCUT2D eigenvalue weighted by Crippen LogP contribution is -2.60. The van der Waals surface area contributed by atoms with E-state index in [4.69, 9.17) is 4.74 Å². The number of H-pyrrole nitrogens is 1. The fraction of sp³-hybridized carbons (Fsp3) is 0.391. The highest BCUT2D eigenvalue weighted by Gasteiger charge is 2.38. The lowest BCUT2D eigenvalue weighted by atomic mass is 9.99. The first-order valence-corrected chi connectivity index (χ1v) is 11.0. The number of aromatic nitrogens is 3. The SMILES string of the molecule is CCc1cc2ncc(CN3CC(Oc4ccc(C(=O)NCC(F)F)nc4F)[C@H]3C)c(F)c2[nH]c1=O. The number of fused-ring (bicyclic) bond motifs is 1. The Balaban J connectivity index is 1.39. The predicted octanol–water partition coefficient (Wildman–Crippen LogP) is 2.81. The normalized spacial score (nSPS) is 18.0. The van der Waals surface area contributed by atoms with E-state index in [-0.39, 0.29) is 35.1 Å². The minimum atomic E-state index is -2.73. The number of amides is 1. The zero-order valence-corrected chi connectivity index (χ0v) is 18.9. The van der Waals surface area contributed by atoms with Crippen molar-refractivity contribution in [1.29, 1.82) is 0 Å². The summed E-state index contributed by atoms with van der Waals surface area (Å²) in [5, 5.41) is 1.95. The Kier molecular flexibility index (Phi) is 7.01. The first-order chi connectivity index (χ1) is 16.7. The summed E-state index contributed by atoms with van der Waals surface area (Å²) in [6.07, 6.45) is -1.22. The molecule has 2 atom stereocenters. The Labute approximate surface area is 197 Å². The number of hydrogen-bond acceptors (Lipinski definition) is 6. The molecule has 1 saturated heterocycles. The molecule has 0 aromatic carbocycles. The van der Waals surface area contributed by atoms with E-state index in [2.05, 4.69) is 15.0 Å². The Hall–Kier alpha value is -3.54. The smallest absolute Gasteiger partial charge is 0.270 e. The molecular weight excluding hydrogens is 470 g/mol. The molecule has 0 aliphatic carbocycles. The monoisotopic (exact) mass is 493 g/mol. The molecule has 0 saturated carbocycles. The molecule has 1 amide bonds. The number of pyridine rings is 3. The van der Waals surface area contributed by atoms with E-state index in [1.807, 2.05) is 24.1 Å². The third-order valence-electron chi connectivity index (χ3n) is 5.98. The number of alkyl halides is 2. The van der Waals surface area contributed by atoms with Crippen LogP contribution in [0.2, 0.25) is 0 Å². The summed E-state index contributed by atoms with van der Waals surface area (Å²) in [6, 6.07) is 3.76.